The van der Waals surface area contributed by atoms with Crippen LogP contribution in [0.3, 0.4) is 0 Å². The van der Waals surface area contributed by atoms with Crippen LogP contribution < -0.4 is 11.1 Å². The van der Waals surface area contributed by atoms with Gasteiger partial charge in [-0.1, -0.05) is 18.2 Å². The van der Waals surface area contributed by atoms with Crippen molar-refractivity contribution >= 4 is 46.5 Å². The van der Waals surface area contributed by atoms with Crippen molar-refractivity contribution in [2.45, 2.75) is 13.0 Å². The molecule has 0 fully saturated rings. The van der Waals surface area contributed by atoms with Crippen LogP contribution >= 0.6 is 24.0 Å². The van der Waals surface area contributed by atoms with Gasteiger partial charge in [-0.15, -0.1) is 24.0 Å². The number of aromatic nitrogens is 1. The van der Waals surface area contributed by atoms with Crippen molar-refractivity contribution in [2.24, 2.45) is 10.7 Å². The lowest BCUT2D eigenvalue weighted by Gasteiger charge is -2.10. The van der Waals surface area contributed by atoms with Crippen LogP contribution in [0.15, 0.2) is 53.7 Å². The van der Waals surface area contributed by atoms with E-state index in [1.54, 1.807) is 13.2 Å². The first kappa shape index (κ1) is 20.2. The lowest BCUT2D eigenvalue weighted by atomic mass is 10.1. The topological polar surface area (TPSA) is 75.4 Å². The molecule has 4 N–H and O–H groups in total. The maximum Gasteiger partial charge on any atom is 0.193 e. The van der Waals surface area contributed by atoms with E-state index in [0.717, 1.165) is 27.7 Å². The monoisotopic (exact) mass is 468 g/mol. The van der Waals surface area contributed by atoms with Gasteiger partial charge in [0, 0.05) is 42.0 Å². The standard InChI is InChI=1S/C19H21FN4O.HI/c1-25-12-14-4-2-3-5-17(14)24-19(21)22-9-8-13-11-23-18-10-15(20)6-7-16(13)18;/h2-7,10-11,23H,8-9,12H2,1H3,(H3,21,22,24);1H. The number of guanidine groups is 1. The van der Waals surface area contributed by atoms with Gasteiger partial charge in [-0.05, 0) is 36.2 Å². The molecule has 0 atom stereocenters. The first-order valence-electron chi connectivity index (χ1n) is 8.06. The third-order valence-corrected chi connectivity index (χ3v) is 3.97. The normalized spacial score (nSPS) is 11.4. The van der Waals surface area contributed by atoms with Crippen molar-refractivity contribution in [1.82, 2.24) is 4.98 Å². The summed E-state index contributed by atoms with van der Waals surface area (Å²) in [4.78, 5) is 7.45. The molecule has 0 aliphatic heterocycles. The summed E-state index contributed by atoms with van der Waals surface area (Å²) in [5.74, 6) is 0.108. The Morgan fingerprint density at radius 2 is 2.04 bits per heavy atom. The number of para-hydroxylation sites is 1. The first-order chi connectivity index (χ1) is 12.2. The van der Waals surface area contributed by atoms with E-state index in [2.05, 4.69) is 15.3 Å². The number of aromatic amines is 1. The molecule has 0 spiro atoms. The van der Waals surface area contributed by atoms with E-state index in [1.165, 1.54) is 12.1 Å². The number of H-pyrrole nitrogens is 1. The van der Waals surface area contributed by atoms with Crippen LogP contribution in [0.4, 0.5) is 10.1 Å². The number of nitrogens with one attached hydrogen (secondary N) is 2. The SMILES string of the molecule is COCc1ccccc1NC(N)=NCCc1c[nH]c2cc(F)ccc12.I. The number of ether oxygens (including phenoxy) is 1. The summed E-state index contributed by atoms with van der Waals surface area (Å²) in [7, 11) is 1.65. The van der Waals surface area contributed by atoms with Crippen LogP contribution in [0.1, 0.15) is 11.1 Å². The number of nitrogens with zero attached hydrogens (tertiary/aromatic N) is 1. The number of benzene rings is 2. The summed E-state index contributed by atoms with van der Waals surface area (Å²) >= 11 is 0. The lowest BCUT2D eigenvalue weighted by molar-refractivity contribution is 0.185. The summed E-state index contributed by atoms with van der Waals surface area (Å²) in [6, 6.07) is 12.5. The van der Waals surface area contributed by atoms with Crippen molar-refractivity contribution in [3.05, 3.63) is 65.6 Å². The summed E-state index contributed by atoms with van der Waals surface area (Å²) in [5, 5.41) is 4.12. The summed E-state index contributed by atoms with van der Waals surface area (Å²) < 4.78 is 18.4. The zero-order chi connectivity index (χ0) is 17.6. The molecule has 1 aromatic heterocycles. The Morgan fingerprint density at radius 3 is 2.85 bits per heavy atom. The van der Waals surface area contributed by atoms with Gasteiger partial charge in [0.25, 0.3) is 0 Å². The molecule has 26 heavy (non-hydrogen) atoms. The van der Waals surface area contributed by atoms with Crippen molar-refractivity contribution < 1.29 is 9.13 Å². The second-order valence-electron chi connectivity index (χ2n) is 5.74. The van der Waals surface area contributed by atoms with Gasteiger partial charge < -0.3 is 20.8 Å². The predicted octanol–water partition coefficient (Wildman–Crippen LogP) is 4.04. The second-order valence-corrected chi connectivity index (χ2v) is 5.74. The Bertz CT molecular complexity index is 894. The Morgan fingerprint density at radius 1 is 1.23 bits per heavy atom. The average molecular weight is 468 g/mol. The summed E-state index contributed by atoms with van der Waals surface area (Å²) in [5.41, 5.74) is 9.76. The largest absolute Gasteiger partial charge is 0.380 e. The Balaban J connectivity index is 0.00000243. The minimum Gasteiger partial charge on any atom is -0.380 e. The number of anilines is 1. The number of methoxy groups -OCH3 is 1. The average Bonchev–Trinajstić information content (AvgIpc) is 2.99. The summed E-state index contributed by atoms with van der Waals surface area (Å²) in [6.45, 7) is 1.04. The van der Waals surface area contributed by atoms with E-state index in [4.69, 9.17) is 10.5 Å². The number of rotatable bonds is 6. The third kappa shape index (κ3) is 4.95. The smallest absolute Gasteiger partial charge is 0.193 e. The number of hydrogen-bond donors (Lipinski definition) is 3. The molecule has 0 radical (unpaired) electrons. The molecule has 138 valence electrons. The molecule has 0 aliphatic carbocycles. The molecule has 0 unspecified atom stereocenters. The molecule has 0 bridgehead atoms. The molecular weight excluding hydrogens is 446 g/mol. The third-order valence-electron chi connectivity index (χ3n) is 3.97. The maximum absolute atomic E-state index is 13.2. The maximum atomic E-state index is 13.2. The zero-order valence-electron chi connectivity index (χ0n) is 14.5. The molecule has 0 saturated heterocycles. The molecule has 2 aromatic carbocycles. The fourth-order valence-electron chi connectivity index (χ4n) is 2.76. The van der Waals surface area contributed by atoms with Crippen LogP contribution in [-0.4, -0.2) is 24.6 Å². The first-order valence-corrected chi connectivity index (χ1v) is 8.06. The molecule has 3 aromatic rings. The molecule has 3 rings (SSSR count). The highest BCUT2D eigenvalue weighted by atomic mass is 127. The summed E-state index contributed by atoms with van der Waals surface area (Å²) in [6.07, 6.45) is 2.60. The van der Waals surface area contributed by atoms with Crippen LogP contribution in [0.5, 0.6) is 0 Å². The van der Waals surface area contributed by atoms with Crippen LogP contribution in [0, 0.1) is 5.82 Å². The van der Waals surface area contributed by atoms with Crippen molar-refractivity contribution in [3.8, 4) is 0 Å². The van der Waals surface area contributed by atoms with Gasteiger partial charge in [0.2, 0.25) is 0 Å². The quantitative estimate of drug-likeness (QED) is 0.291. The number of halogens is 2. The fraction of sp³-hybridized carbons (Fsp3) is 0.211. The number of aliphatic imine (C=N–C) groups is 1. The van der Waals surface area contributed by atoms with E-state index < -0.39 is 0 Å². The molecular formula is C19H22FIN4O. The van der Waals surface area contributed by atoms with E-state index in [1.807, 2.05) is 30.5 Å². The van der Waals surface area contributed by atoms with Crippen molar-refractivity contribution in [2.75, 3.05) is 19.0 Å². The Labute approximate surface area is 168 Å². The van der Waals surface area contributed by atoms with Gasteiger partial charge in [-0.2, -0.15) is 0 Å². The van der Waals surface area contributed by atoms with E-state index in [0.29, 0.717) is 25.5 Å². The van der Waals surface area contributed by atoms with Gasteiger partial charge in [0.1, 0.15) is 5.82 Å². The minimum absolute atomic E-state index is 0. The predicted molar refractivity (Wildman–Crippen MR) is 115 cm³/mol. The molecule has 0 amide bonds. The zero-order valence-corrected chi connectivity index (χ0v) is 16.8. The van der Waals surface area contributed by atoms with Gasteiger partial charge in [0.15, 0.2) is 5.96 Å². The minimum atomic E-state index is -0.248. The van der Waals surface area contributed by atoms with Gasteiger partial charge in [0.05, 0.1) is 6.61 Å². The molecule has 5 nitrogen and oxygen atoms in total. The van der Waals surface area contributed by atoms with E-state index in [9.17, 15) is 4.39 Å². The fourth-order valence-corrected chi connectivity index (χ4v) is 2.76. The molecule has 0 saturated carbocycles. The van der Waals surface area contributed by atoms with E-state index in [-0.39, 0.29) is 29.8 Å². The van der Waals surface area contributed by atoms with Crippen molar-refractivity contribution in [1.29, 1.82) is 0 Å². The van der Waals surface area contributed by atoms with Crippen LogP contribution in [-0.2, 0) is 17.8 Å². The highest BCUT2D eigenvalue weighted by Gasteiger charge is 2.05. The van der Waals surface area contributed by atoms with Gasteiger partial charge >= 0.3 is 0 Å². The van der Waals surface area contributed by atoms with E-state index >= 15 is 0 Å². The van der Waals surface area contributed by atoms with Crippen LogP contribution in [0.25, 0.3) is 10.9 Å². The van der Waals surface area contributed by atoms with Gasteiger partial charge in [-0.3, -0.25) is 4.99 Å². The number of fused-ring (bicyclic) bond motifs is 1. The Hall–Kier alpha value is -2.13. The Kier molecular flexibility index (Phi) is 7.40. The second kappa shape index (κ2) is 9.54. The number of hydrogen-bond acceptors (Lipinski definition) is 2. The molecule has 7 heteroatoms. The highest BCUT2D eigenvalue weighted by Crippen LogP contribution is 2.20. The lowest BCUT2D eigenvalue weighted by Crippen LogP contribution is -2.23. The van der Waals surface area contributed by atoms with Gasteiger partial charge in [-0.25, -0.2) is 4.39 Å². The highest BCUT2D eigenvalue weighted by molar-refractivity contribution is 14.0. The number of nitrogens with two attached hydrogens (primary N) is 1. The molecule has 0 aliphatic rings. The van der Waals surface area contributed by atoms with Crippen molar-refractivity contribution in [3.63, 3.8) is 0 Å². The van der Waals surface area contributed by atoms with Crippen LogP contribution in [0.2, 0.25) is 0 Å². The molecule has 1 heterocycles.